The van der Waals surface area contributed by atoms with Gasteiger partial charge in [0.25, 0.3) is 0 Å². The van der Waals surface area contributed by atoms with E-state index in [2.05, 4.69) is 15.1 Å². The number of hydrogen-bond donors (Lipinski definition) is 3. The number of hydrogen-bond acceptors (Lipinski definition) is 6. The second-order valence-corrected chi connectivity index (χ2v) is 5.71. The van der Waals surface area contributed by atoms with Crippen molar-refractivity contribution in [2.24, 2.45) is 11.7 Å². The molecule has 0 unspecified atom stereocenters. The summed E-state index contributed by atoms with van der Waals surface area (Å²) in [6.07, 6.45) is 1.49. The van der Waals surface area contributed by atoms with Crippen molar-refractivity contribution in [3.8, 4) is 0 Å². The van der Waals surface area contributed by atoms with Crippen molar-refractivity contribution in [1.82, 2.24) is 15.1 Å². The SMILES string of the molecule is NC(=O)CN(CCC1CCN(c2ccc(N)nn2)CC1)C(=O)O. The van der Waals surface area contributed by atoms with Crippen LogP contribution in [0, 0.1) is 5.92 Å². The summed E-state index contributed by atoms with van der Waals surface area (Å²) in [5.74, 6) is 0.984. The molecule has 2 rings (SSSR count). The molecule has 0 atom stereocenters. The molecule has 0 saturated carbocycles. The smallest absolute Gasteiger partial charge is 0.407 e. The van der Waals surface area contributed by atoms with E-state index in [9.17, 15) is 9.59 Å². The Balaban J connectivity index is 1.79. The summed E-state index contributed by atoms with van der Waals surface area (Å²) in [5, 5.41) is 17.0. The highest BCUT2D eigenvalue weighted by Gasteiger charge is 2.22. The molecular formula is C14H22N6O3. The lowest BCUT2D eigenvalue weighted by Gasteiger charge is -2.33. The fourth-order valence-electron chi connectivity index (χ4n) is 2.72. The molecule has 0 spiro atoms. The summed E-state index contributed by atoms with van der Waals surface area (Å²) >= 11 is 0. The number of nitrogens with zero attached hydrogens (tertiary/aromatic N) is 4. The number of rotatable bonds is 6. The summed E-state index contributed by atoms with van der Waals surface area (Å²) in [6, 6.07) is 3.57. The van der Waals surface area contributed by atoms with Crippen molar-refractivity contribution >= 4 is 23.6 Å². The lowest BCUT2D eigenvalue weighted by molar-refractivity contribution is -0.118. The number of primary amides is 1. The van der Waals surface area contributed by atoms with Gasteiger partial charge < -0.3 is 21.5 Å². The van der Waals surface area contributed by atoms with Crippen LogP contribution in [0.4, 0.5) is 16.4 Å². The number of aromatic nitrogens is 2. The van der Waals surface area contributed by atoms with Crippen LogP contribution in [-0.4, -0.2) is 58.4 Å². The first kappa shape index (κ1) is 16.8. The molecule has 126 valence electrons. The van der Waals surface area contributed by atoms with Gasteiger partial charge in [0.15, 0.2) is 5.82 Å². The molecule has 0 radical (unpaired) electrons. The van der Waals surface area contributed by atoms with E-state index < -0.39 is 12.0 Å². The van der Waals surface area contributed by atoms with Crippen molar-refractivity contribution in [3.63, 3.8) is 0 Å². The largest absolute Gasteiger partial charge is 0.465 e. The molecule has 1 aliphatic rings. The van der Waals surface area contributed by atoms with Crippen LogP contribution in [0.5, 0.6) is 0 Å². The molecule has 0 aliphatic carbocycles. The minimum Gasteiger partial charge on any atom is -0.465 e. The monoisotopic (exact) mass is 322 g/mol. The number of anilines is 2. The third-order valence-corrected chi connectivity index (χ3v) is 4.03. The molecule has 1 aliphatic heterocycles. The van der Waals surface area contributed by atoms with Gasteiger partial charge in [0.05, 0.1) is 0 Å². The van der Waals surface area contributed by atoms with Crippen molar-refractivity contribution in [2.75, 3.05) is 36.8 Å². The molecule has 2 heterocycles. The maximum Gasteiger partial charge on any atom is 0.407 e. The molecule has 9 heteroatoms. The number of carbonyl (C=O) groups excluding carboxylic acids is 1. The predicted octanol–water partition coefficient (Wildman–Crippen LogP) is 0.131. The fraction of sp³-hybridized carbons (Fsp3) is 0.571. The standard InChI is InChI=1S/C14H22N6O3/c15-11-1-2-13(18-17-11)19-6-3-10(4-7-19)5-8-20(14(22)23)9-12(16)21/h1-2,10H,3-9H2,(H2,15,17)(H2,16,21)(H,22,23). The van der Waals surface area contributed by atoms with Crippen LogP contribution in [0.25, 0.3) is 0 Å². The van der Waals surface area contributed by atoms with Crippen LogP contribution in [0.15, 0.2) is 12.1 Å². The van der Waals surface area contributed by atoms with Crippen molar-refractivity contribution in [1.29, 1.82) is 0 Å². The molecular weight excluding hydrogens is 300 g/mol. The normalized spacial score (nSPS) is 15.4. The van der Waals surface area contributed by atoms with Gasteiger partial charge in [-0.15, -0.1) is 10.2 Å². The van der Waals surface area contributed by atoms with E-state index in [-0.39, 0.29) is 6.54 Å². The number of nitrogen functional groups attached to an aromatic ring is 1. The summed E-state index contributed by atoms with van der Waals surface area (Å²) in [6.45, 7) is 1.75. The van der Waals surface area contributed by atoms with Gasteiger partial charge in [-0.1, -0.05) is 0 Å². The summed E-state index contributed by atoms with van der Waals surface area (Å²) in [7, 11) is 0. The van der Waals surface area contributed by atoms with Crippen molar-refractivity contribution in [2.45, 2.75) is 19.3 Å². The quantitative estimate of drug-likeness (QED) is 0.676. The minimum atomic E-state index is -1.11. The van der Waals surface area contributed by atoms with E-state index in [1.807, 2.05) is 6.07 Å². The second kappa shape index (κ2) is 7.61. The van der Waals surface area contributed by atoms with E-state index in [0.717, 1.165) is 43.1 Å². The molecule has 0 aromatic carbocycles. The van der Waals surface area contributed by atoms with E-state index in [1.54, 1.807) is 6.07 Å². The number of amides is 2. The molecule has 1 fully saturated rings. The number of piperidine rings is 1. The maximum atomic E-state index is 11.1. The van der Waals surface area contributed by atoms with Gasteiger partial charge in [-0.2, -0.15) is 0 Å². The average Bonchev–Trinajstić information content (AvgIpc) is 2.52. The van der Waals surface area contributed by atoms with E-state index >= 15 is 0 Å². The Kier molecular flexibility index (Phi) is 5.56. The van der Waals surface area contributed by atoms with Crippen LogP contribution in [0.2, 0.25) is 0 Å². The molecule has 0 bridgehead atoms. The first-order valence-electron chi connectivity index (χ1n) is 7.56. The van der Waals surface area contributed by atoms with Gasteiger partial charge in [-0.25, -0.2) is 4.79 Å². The Bertz CT molecular complexity index is 542. The highest BCUT2D eigenvalue weighted by atomic mass is 16.4. The van der Waals surface area contributed by atoms with Crippen LogP contribution < -0.4 is 16.4 Å². The summed E-state index contributed by atoms with van der Waals surface area (Å²) in [4.78, 5) is 25.1. The van der Waals surface area contributed by atoms with E-state index in [1.165, 1.54) is 0 Å². The fourth-order valence-corrected chi connectivity index (χ4v) is 2.72. The maximum absolute atomic E-state index is 11.1. The van der Waals surface area contributed by atoms with Crippen molar-refractivity contribution < 1.29 is 14.7 Å². The summed E-state index contributed by atoms with van der Waals surface area (Å²) < 4.78 is 0. The third-order valence-electron chi connectivity index (χ3n) is 4.03. The zero-order chi connectivity index (χ0) is 16.8. The van der Waals surface area contributed by atoms with Crippen molar-refractivity contribution in [3.05, 3.63) is 12.1 Å². The average molecular weight is 322 g/mol. The second-order valence-electron chi connectivity index (χ2n) is 5.71. The zero-order valence-corrected chi connectivity index (χ0v) is 12.9. The Morgan fingerprint density at radius 2 is 2.00 bits per heavy atom. The van der Waals surface area contributed by atoms with E-state index in [0.29, 0.717) is 18.3 Å². The van der Waals surface area contributed by atoms with E-state index in [4.69, 9.17) is 16.6 Å². The lowest BCUT2D eigenvalue weighted by atomic mass is 9.93. The molecule has 1 saturated heterocycles. The van der Waals surface area contributed by atoms with Gasteiger partial charge in [-0.3, -0.25) is 9.69 Å². The van der Waals surface area contributed by atoms with Gasteiger partial charge in [0.2, 0.25) is 5.91 Å². The van der Waals surface area contributed by atoms with Crippen LogP contribution in [-0.2, 0) is 4.79 Å². The third kappa shape index (κ3) is 4.97. The van der Waals surface area contributed by atoms with Crippen LogP contribution >= 0.6 is 0 Å². The van der Waals surface area contributed by atoms with Crippen LogP contribution in [0.1, 0.15) is 19.3 Å². The first-order chi connectivity index (χ1) is 11.0. The highest BCUT2D eigenvalue weighted by molar-refractivity contribution is 5.80. The molecule has 2 amide bonds. The Labute approximate surface area is 134 Å². The molecule has 23 heavy (non-hydrogen) atoms. The van der Waals surface area contributed by atoms with Gasteiger partial charge in [0.1, 0.15) is 12.4 Å². The highest BCUT2D eigenvalue weighted by Crippen LogP contribution is 2.24. The molecule has 5 N–H and O–H groups in total. The Hall–Kier alpha value is -2.58. The number of carboxylic acid groups (broad SMARTS) is 1. The number of nitrogens with two attached hydrogens (primary N) is 2. The van der Waals surface area contributed by atoms with Gasteiger partial charge in [0, 0.05) is 19.6 Å². The molecule has 1 aromatic rings. The lowest BCUT2D eigenvalue weighted by Crippen LogP contribution is -2.40. The van der Waals surface area contributed by atoms with Crippen LogP contribution in [0.3, 0.4) is 0 Å². The topological polar surface area (TPSA) is 139 Å². The molecule has 9 nitrogen and oxygen atoms in total. The van der Waals surface area contributed by atoms with Gasteiger partial charge in [-0.05, 0) is 37.3 Å². The summed E-state index contributed by atoms with van der Waals surface area (Å²) in [5.41, 5.74) is 10.6. The predicted molar refractivity (Wildman–Crippen MR) is 84.8 cm³/mol. The Morgan fingerprint density at radius 3 is 2.52 bits per heavy atom. The molecule has 1 aromatic heterocycles. The minimum absolute atomic E-state index is 0.255. The first-order valence-corrected chi connectivity index (χ1v) is 7.56. The zero-order valence-electron chi connectivity index (χ0n) is 12.9. The van der Waals surface area contributed by atoms with Gasteiger partial charge >= 0.3 is 6.09 Å². The number of carbonyl (C=O) groups is 2. The Morgan fingerprint density at radius 1 is 1.30 bits per heavy atom.